The number of rotatable bonds is 47. The molecule has 0 radical (unpaired) electrons. The maximum atomic E-state index is 12.2. The van der Waals surface area contributed by atoms with Crippen molar-refractivity contribution in [3.05, 3.63) is 36.5 Å². The van der Waals surface area contributed by atoms with Crippen LogP contribution in [0.1, 0.15) is 264 Å². The molecule has 0 saturated carbocycles. The largest absolute Gasteiger partial charge is 0.457 e. The first-order valence-electron chi connectivity index (χ1n) is 25.1. The minimum atomic E-state index is -0.539. The molecule has 0 bridgehead atoms. The number of aliphatic hydroxyl groups is 1. The molecule has 1 N–H and O–H groups in total. The number of carbonyl (C=O) groups excluding carboxylic acids is 1. The highest BCUT2D eigenvalue weighted by Gasteiger charge is 2.13. The molecule has 0 amide bonds. The van der Waals surface area contributed by atoms with E-state index in [-0.39, 0.29) is 12.6 Å². The highest BCUT2D eigenvalue weighted by molar-refractivity contribution is 5.69. The third-order valence-corrected chi connectivity index (χ3v) is 11.2. The molecule has 56 heavy (non-hydrogen) atoms. The highest BCUT2D eigenvalue weighted by atomic mass is 16.6. The van der Waals surface area contributed by atoms with E-state index in [2.05, 4.69) is 50.3 Å². The van der Waals surface area contributed by atoms with Gasteiger partial charge in [-0.05, 0) is 51.4 Å². The van der Waals surface area contributed by atoms with Gasteiger partial charge in [-0.25, -0.2) is 0 Å². The van der Waals surface area contributed by atoms with Gasteiger partial charge in [-0.2, -0.15) is 0 Å². The Kier molecular flexibility index (Phi) is 48.5. The molecule has 0 rings (SSSR count). The Morgan fingerprint density at radius 3 is 1.16 bits per heavy atom. The number of esters is 1. The molecule has 4 nitrogen and oxygen atoms in total. The van der Waals surface area contributed by atoms with Crippen molar-refractivity contribution < 1.29 is 19.4 Å². The number of hydrogen-bond donors (Lipinski definition) is 1. The van der Waals surface area contributed by atoms with Crippen LogP contribution in [0.5, 0.6) is 0 Å². The lowest BCUT2D eigenvalue weighted by molar-refractivity contribution is -0.154. The standard InChI is InChI=1S/C52H98O4/c1-3-5-7-9-11-13-15-17-19-21-23-24-25-26-27-28-30-32-34-36-38-40-42-44-46-48-55-50-51(49-53)56-52(54)47-45-43-41-39-37-35-33-31-29-22-20-18-16-14-12-10-8-6-4-2/h12,14,18,20,29,31,51,53H,3-11,13,15-17,19,21-28,30,32-50H2,1-2H3/b14-12-,20-18-,31-29-. The van der Waals surface area contributed by atoms with E-state index in [4.69, 9.17) is 9.47 Å². The summed E-state index contributed by atoms with van der Waals surface area (Å²) in [7, 11) is 0. The van der Waals surface area contributed by atoms with Gasteiger partial charge in [-0.1, -0.05) is 243 Å². The Balaban J connectivity index is 3.38. The van der Waals surface area contributed by atoms with E-state index in [1.54, 1.807) is 0 Å². The first-order valence-corrected chi connectivity index (χ1v) is 25.1. The zero-order chi connectivity index (χ0) is 40.5. The number of ether oxygens (including phenoxy) is 2. The second kappa shape index (κ2) is 49.8. The maximum absolute atomic E-state index is 12.2. The molecule has 0 aromatic heterocycles. The van der Waals surface area contributed by atoms with Gasteiger partial charge in [0.15, 0.2) is 0 Å². The second-order valence-corrected chi connectivity index (χ2v) is 16.9. The van der Waals surface area contributed by atoms with Gasteiger partial charge in [0.1, 0.15) is 6.10 Å². The van der Waals surface area contributed by atoms with Crippen LogP contribution in [0.2, 0.25) is 0 Å². The molecule has 0 aromatic carbocycles. The molecule has 0 aliphatic heterocycles. The first-order chi connectivity index (χ1) is 27.7. The minimum Gasteiger partial charge on any atom is -0.457 e. The van der Waals surface area contributed by atoms with E-state index in [1.807, 2.05) is 0 Å². The van der Waals surface area contributed by atoms with Crippen molar-refractivity contribution in [2.24, 2.45) is 0 Å². The van der Waals surface area contributed by atoms with Gasteiger partial charge in [0.05, 0.1) is 13.2 Å². The van der Waals surface area contributed by atoms with Gasteiger partial charge in [0.25, 0.3) is 0 Å². The molecule has 0 fully saturated rings. The minimum absolute atomic E-state index is 0.174. The molecule has 0 aliphatic carbocycles. The Morgan fingerprint density at radius 2 is 0.750 bits per heavy atom. The van der Waals surface area contributed by atoms with Crippen LogP contribution < -0.4 is 0 Å². The van der Waals surface area contributed by atoms with Gasteiger partial charge in [-0.15, -0.1) is 0 Å². The van der Waals surface area contributed by atoms with Crippen LogP contribution in [0.25, 0.3) is 0 Å². The van der Waals surface area contributed by atoms with Crippen molar-refractivity contribution in [3.63, 3.8) is 0 Å². The fourth-order valence-corrected chi connectivity index (χ4v) is 7.46. The summed E-state index contributed by atoms with van der Waals surface area (Å²) < 4.78 is 11.2. The summed E-state index contributed by atoms with van der Waals surface area (Å²) in [6.07, 6.45) is 63.8. The van der Waals surface area contributed by atoms with Gasteiger partial charge in [0.2, 0.25) is 0 Å². The topological polar surface area (TPSA) is 55.8 Å². The normalized spacial score (nSPS) is 12.6. The number of aliphatic hydroxyl groups excluding tert-OH is 1. The van der Waals surface area contributed by atoms with E-state index in [0.29, 0.717) is 19.6 Å². The number of hydrogen-bond acceptors (Lipinski definition) is 4. The van der Waals surface area contributed by atoms with Crippen molar-refractivity contribution in [2.75, 3.05) is 19.8 Å². The van der Waals surface area contributed by atoms with Crippen LogP contribution in [0, 0.1) is 0 Å². The zero-order valence-electron chi connectivity index (χ0n) is 37.9. The average Bonchev–Trinajstić information content (AvgIpc) is 3.20. The summed E-state index contributed by atoms with van der Waals surface area (Å²) in [6.45, 7) is 5.35. The number of unbranched alkanes of at least 4 members (excludes halogenated alkanes) is 33. The SMILES string of the molecule is CCCCC/C=C\C/C=C\C/C=C\CCCCCCCCC(=O)OC(CO)COCCCCCCCCCCCCCCCCCCCCCCCCCCC. The molecule has 330 valence electrons. The van der Waals surface area contributed by atoms with Crippen LogP contribution in [0.3, 0.4) is 0 Å². The molecule has 0 saturated heterocycles. The maximum Gasteiger partial charge on any atom is 0.306 e. The third kappa shape index (κ3) is 47.0. The summed E-state index contributed by atoms with van der Waals surface area (Å²) in [4.78, 5) is 12.2. The molecule has 0 aliphatic rings. The summed E-state index contributed by atoms with van der Waals surface area (Å²) in [6, 6.07) is 0. The molecule has 0 heterocycles. The first kappa shape index (κ1) is 54.6. The lowest BCUT2D eigenvalue weighted by atomic mass is 10.0. The highest BCUT2D eigenvalue weighted by Crippen LogP contribution is 2.16. The Hall–Kier alpha value is -1.39. The molecule has 1 unspecified atom stereocenters. The summed E-state index contributed by atoms with van der Waals surface area (Å²) in [5.74, 6) is -0.208. The van der Waals surface area contributed by atoms with Crippen LogP contribution in [0.4, 0.5) is 0 Å². The van der Waals surface area contributed by atoms with Gasteiger partial charge in [-0.3, -0.25) is 4.79 Å². The van der Waals surface area contributed by atoms with Gasteiger partial charge >= 0.3 is 5.97 Å². The summed E-state index contributed by atoms with van der Waals surface area (Å²) in [5.41, 5.74) is 0. The molecule has 0 aromatic rings. The van der Waals surface area contributed by atoms with E-state index >= 15 is 0 Å². The lowest BCUT2D eigenvalue weighted by Gasteiger charge is -2.16. The smallest absolute Gasteiger partial charge is 0.306 e. The fraction of sp³-hybridized carbons (Fsp3) is 0.865. The van der Waals surface area contributed by atoms with Crippen LogP contribution in [0.15, 0.2) is 36.5 Å². The quantitative estimate of drug-likeness (QED) is 0.0379. The lowest BCUT2D eigenvalue weighted by Crippen LogP contribution is -2.27. The number of allylic oxidation sites excluding steroid dienone is 6. The van der Waals surface area contributed by atoms with Crippen molar-refractivity contribution in [3.8, 4) is 0 Å². The van der Waals surface area contributed by atoms with Crippen molar-refractivity contribution in [1.82, 2.24) is 0 Å². The van der Waals surface area contributed by atoms with Gasteiger partial charge in [0, 0.05) is 13.0 Å². The Labute approximate surface area is 350 Å². The van der Waals surface area contributed by atoms with Crippen molar-refractivity contribution in [1.29, 1.82) is 0 Å². The Bertz CT molecular complexity index is 833. The van der Waals surface area contributed by atoms with E-state index < -0.39 is 6.10 Å². The third-order valence-electron chi connectivity index (χ3n) is 11.2. The summed E-state index contributed by atoms with van der Waals surface area (Å²) in [5, 5.41) is 9.64. The van der Waals surface area contributed by atoms with E-state index in [0.717, 1.165) is 44.9 Å². The fourth-order valence-electron chi connectivity index (χ4n) is 7.46. The van der Waals surface area contributed by atoms with Crippen LogP contribution in [-0.4, -0.2) is 37.0 Å². The average molecular weight is 787 g/mol. The Morgan fingerprint density at radius 1 is 0.429 bits per heavy atom. The van der Waals surface area contributed by atoms with Crippen molar-refractivity contribution >= 4 is 5.97 Å². The molecular weight excluding hydrogens is 689 g/mol. The summed E-state index contributed by atoms with van der Waals surface area (Å²) >= 11 is 0. The molecule has 4 heteroatoms. The van der Waals surface area contributed by atoms with Crippen molar-refractivity contribution in [2.45, 2.75) is 270 Å². The predicted octanol–water partition coefficient (Wildman–Crippen LogP) is 16.8. The van der Waals surface area contributed by atoms with Crippen LogP contribution in [-0.2, 0) is 14.3 Å². The van der Waals surface area contributed by atoms with Gasteiger partial charge < -0.3 is 14.6 Å². The van der Waals surface area contributed by atoms with Crippen LogP contribution >= 0.6 is 0 Å². The number of carbonyl (C=O) groups is 1. The second-order valence-electron chi connectivity index (χ2n) is 16.9. The molecular formula is C52H98O4. The zero-order valence-corrected chi connectivity index (χ0v) is 37.9. The molecule has 0 spiro atoms. The molecule has 1 atom stereocenters. The predicted molar refractivity (Wildman–Crippen MR) is 247 cm³/mol. The monoisotopic (exact) mass is 787 g/mol. The van der Waals surface area contributed by atoms with E-state index in [9.17, 15) is 9.90 Å². The van der Waals surface area contributed by atoms with E-state index in [1.165, 1.54) is 199 Å².